The molecule has 1 aromatic rings. The number of anilines is 1. The molecular formula is C20H32N4O3S. The summed E-state index contributed by atoms with van der Waals surface area (Å²) in [7, 11) is 0.242. The van der Waals surface area contributed by atoms with Crippen LogP contribution in [0.2, 0.25) is 0 Å². The molecule has 0 radical (unpaired) electrons. The lowest BCUT2D eigenvalue weighted by atomic mass is 10.1. The molecule has 2 heterocycles. The summed E-state index contributed by atoms with van der Waals surface area (Å²) in [6.45, 7) is 6.19. The zero-order valence-electron chi connectivity index (χ0n) is 17.3. The molecule has 0 amide bonds. The topological polar surface area (TPSA) is 56.3 Å². The number of piperazine rings is 1. The van der Waals surface area contributed by atoms with Crippen LogP contribution in [0.1, 0.15) is 26.7 Å². The SMILES string of the molecule is CCCC1C=CN(C)N1c1ccccc1S(=O)(=O)N1CCN(C)CC1OCC. The van der Waals surface area contributed by atoms with E-state index in [0.29, 0.717) is 36.8 Å². The van der Waals surface area contributed by atoms with Crippen LogP contribution in [0, 0.1) is 0 Å². The lowest BCUT2D eigenvalue weighted by Crippen LogP contribution is -2.55. The van der Waals surface area contributed by atoms with Gasteiger partial charge >= 0.3 is 0 Å². The summed E-state index contributed by atoms with van der Waals surface area (Å²) in [6, 6.07) is 7.45. The summed E-state index contributed by atoms with van der Waals surface area (Å²) in [5.41, 5.74) is 0.711. The summed E-state index contributed by atoms with van der Waals surface area (Å²) < 4.78 is 34.7. The van der Waals surface area contributed by atoms with Crippen LogP contribution in [0.15, 0.2) is 41.4 Å². The van der Waals surface area contributed by atoms with E-state index in [4.69, 9.17) is 4.74 Å². The van der Waals surface area contributed by atoms with Crippen LogP contribution in [0.3, 0.4) is 0 Å². The van der Waals surface area contributed by atoms with E-state index in [1.54, 1.807) is 12.1 Å². The van der Waals surface area contributed by atoms with Crippen molar-refractivity contribution in [3.8, 4) is 0 Å². The zero-order chi connectivity index (χ0) is 20.3. The van der Waals surface area contributed by atoms with Crippen molar-refractivity contribution >= 4 is 15.7 Å². The van der Waals surface area contributed by atoms with E-state index in [1.807, 2.05) is 44.4 Å². The molecule has 8 heteroatoms. The molecule has 0 spiro atoms. The maximum absolute atomic E-state index is 13.7. The van der Waals surface area contributed by atoms with Gasteiger partial charge in [0.25, 0.3) is 0 Å². The van der Waals surface area contributed by atoms with E-state index < -0.39 is 16.3 Å². The van der Waals surface area contributed by atoms with E-state index in [0.717, 1.165) is 12.8 Å². The number of para-hydroxylation sites is 1. The molecular weight excluding hydrogens is 376 g/mol. The predicted molar refractivity (Wildman–Crippen MR) is 111 cm³/mol. The smallest absolute Gasteiger partial charge is 0.247 e. The number of benzene rings is 1. The first-order chi connectivity index (χ1) is 13.4. The summed E-state index contributed by atoms with van der Waals surface area (Å²) in [4.78, 5) is 2.44. The number of sulfonamides is 1. The Labute approximate surface area is 169 Å². The van der Waals surface area contributed by atoms with Gasteiger partial charge in [0.1, 0.15) is 11.1 Å². The van der Waals surface area contributed by atoms with Gasteiger partial charge in [-0.1, -0.05) is 25.5 Å². The van der Waals surface area contributed by atoms with Crippen molar-refractivity contribution in [1.82, 2.24) is 14.2 Å². The molecule has 0 aliphatic carbocycles. The Balaban J connectivity index is 1.99. The van der Waals surface area contributed by atoms with Gasteiger partial charge in [-0.2, -0.15) is 4.31 Å². The zero-order valence-corrected chi connectivity index (χ0v) is 18.1. The monoisotopic (exact) mass is 408 g/mol. The highest BCUT2D eigenvalue weighted by molar-refractivity contribution is 7.89. The third kappa shape index (κ3) is 4.05. The number of rotatable bonds is 7. The van der Waals surface area contributed by atoms with E-state index in [1.165, 1.54) is 4.31 Å². The second-order valence-corrected chi connectivity index (χ2v) is 9.23. The molecule has 2 atom stereocenters. The second kappa shape index (κ2) is 8.82. The van der Waals surface area contributed by atoms with E-state index >= 15 is 0 Å². The quantitative estimate of drug-likeness (QED) is 0.690. The van der Waals surface area contributed by atoms with Crippen LogP contribution in [0.25, 0.3) is 0 Å². The van der Waals surface area contributed by atoms with Crippen LogP contribution in [0.4, 0.5) is 5.69 Å². The first-order valence-corrected chi connectivity index (χ1v) is 11.5. The molecule has 1 aromatic carbocycles. The average molecular weight is 409 g/mol. The fourth-order valence-electron chi connectivity index (χ4n) is 3.93. The van der Waals surface area contributed by atoms with E-state index in [-0.39, 0.29) is 6.04 Å². The van der Waals surface area contributed by atoms with Gasteiger partial charge < -0.3 is 9.64 Å². The lowest BCUT2D eigenvalue weighted by Gasteiger charge is -2.40. The number of nitrogens with zero attached hydrogens (tertiary/aromatic N) is 4. The predicted octanol–water partition coefficient (Wildman–Crippen LogP) is 2.33. The molecule has 2 unspecified atom stereocenters. The van der Waals surface area contributed by atoms with Gasteiger partial charge in [0.2, 0.25) is 10.0 Å². The van der Waals surface area contributed by atoms with Crippen LogP contribution < -0.4 is 5.01 Å². The number of ether oxygens (including phenoxy) is 1. The van der Waals surface area contributed by atoms with E-state index in [2.05, 4.69) is 22.9 Å². The van der Waals surface area contributed by atoms with Gasteiger partial charge in [0.05, 0.1) is 11.7 Å². The summed E-state index contributed by atoms with van der Waals surface area (Å²) >= 11 is 0. The fraction of sp³-hybridized carbons (Fsp3) is 0.600. The van der Waals surface area contributed by atoms with Crippen LogP contribution in [-0.4, -0.2) is 75.2 Å². The number of likely N-dealkylation sites (N-methyl/N-ethyl adjacent to an activating group) is 1. The Morgan fingerprint density at radius 1 is 1.14 bits per heavy atom. The highest BCUT2D eigenvalue weighted by atomic mass is 32.2. The van der Waals surface area contributed by atoms with Gasteiger partial charge in [0.15, 0.2) is 0 Å². The van der Waals surface area contributed by atoms with Gasteiger partial charge in [-0.05, 0) is 38.6 Å². The van der Waals surface area contributed by atoms with Gasteiger partial charge in [-0.25, -0.2) is 8.42 Å². The summed E-state index contributed by atoms with van der Waals surface area (Å²) in [6.07, 6.45) is 5.65. The van der Waals surface area contributed by atoms with Crippen molar-refractivity contribution in [2.75, 3.05) is 45.3 Å². The van der Waals surface area contributed by atoms with Crippen molar-refractivity contribution in [3.05, 3.63) is 36.5 Å². The van der Waals surface area contributed by atoms with Crippen molar-refractivity contribution in [3.63, 3.8) is 0 Å². The Bertz CT molecular complexity index is 798. The largest absolute Gasteiger partial charge is 0.361 e. The van der Waals surface area contributed by atoms with Gasteiger partial charge in [0, 0.05) is 39.5 Å². The standard InChI is InChI=1S/C20H32N4O3S/c1-5-9-17-12-13-22(4)24(17)18-10-7-8-11-19(18)28(25,26)23-15-14-21(3)16-20(23)27-6-2/h7-8,10-13,17,20H,5-6,9,14-16H2,1-4H3. The molecule has 2 aliphatic rings. The van der Waals surface area contributed by atoms with Crippen LogP contribution in [-0.2, 0) is 14.8 Å². The fourth-order valence-corrected chi connectivity index (χ4v) is 5.62. The lowest BCUT2D eigenvalue weighted by molar-refractivity contribution is -0.0529. The molecule has 0 saturated carbocycles. The van der Waals surface area contributed by atoms with Gasteiger partial charge in [-0.15, -0.1) is 0 Å². The highest BCUT2D eigenvalue weighted by Crippen LogP contribution is 2.34. The Morgan fingerprint density at radius 2 is 1.89 bits per heavy atom. The maximum Gasteiger partial charge on any atom is 0.247 e. The first-order valence-electron chi connectivity index (χ1n) is 10.0. The van der Waals surface area contributed by atoms with Gasteiger partial charge in [-0.3, -0.25) is 10.0 Å². The molecule has 156 valence electrons. The van der Waals surface area contributed by atoms with Crippen LogP contribution in [0.5, 0.6) is 0 Å². The summed E-state index contributed by atoms with van der Waals surface area (Å²) in [5, 5.41) is 4.04. The molecule has 0 N–H and O–H groups in total. The molecule has 28 heavy (non-hydrogen) atoms. The Hall–Kier alpha value is -1.61. The number of hydrazine groups is 1. The minimum absolute atomic E-state index is 0.154. The van der Waals surface area contributed by atoms with Crippen molar-refractivity contribution in [2.45, 2.75) is 43.9 Å². The Morgan fingerprint density at radius 3 is 2.61 bits per heavy atom. The molecule has 7 nitrogen and oxygen atoms in total. The van der Waals surface area contributed by atoms with Crippen molar-refractivity contribution in [2.24, 2.45) is 0 Å². The molecule has 1 saturated heterocycles. The highest BCUT2D eigenvalue weighted by Gasteiger charge is 2.38. The number of hydrogen-bond acceptors (Lipinski definition) is 6. The average Bonchev–Trinajstić information content (AvgIpc) is 3.02. The molecule has 3 rings (SSSR count). The van der Waals surface area contributed by atoms with Crippen molar-refractivity contribution in [1.29, 1.82) is 0 Å². The van der Waals surface area contributed by atoms with Crippen LogP contribution >= 0.6 is 0 Å². The molecule has 1 fully saturated rings. The molecule has 2 aliphatic heterocycles. The molecule has 0 aromatic heterocycles. The minimum atomic E-state index is -3.70. The number of hydrogen-bond donors (Lipinski definition) is 0. The third-order valence-electron chi connectivity index (χ3n) is 5.31. The first kappa shape index (κ1) is 21.1. The summed E-state index contributed by atoms with van der Waals surface area (Å²) in [5.74, 6) is 0. The van der Waals surface area contributed by atoms with E-state index in [9.17, 15) is 8.42 Å². The molecule has 0 bridgehead atoms. The Kier molecular flexibility index (Phi) is 6.65. The minimum Gasteiger partial charge on any atom is -0.361 e. The maximum atomic E-state index is 13.7. The third-order valence-corrected chi connectivity index (χ3v) is 7.25. The normalized spacial score (nSPS) is 24.3. The second-order valence-electron chi connectivity index (χ2n) is 7.37. The van der Waals surface area contributed by atoms with Crippen molar-refractivity contribution < 1.29 is 13.2 Å².